The third-order valence-corrected chi connectivity index (χ3v) is 12.7. The van der Waals surface area contributed by atoms with Gasteiger partial charge >= 0.3 is 0 Å². The Kier molecular flexibility index (Phi) is 8.67. The number of rotatable bonds is 7. The van der Waals surface area contributed by atoms with Crippen LogP contribution in [-0.2, 0) is 5.41 Å². The fourth-order valence-electron chi connectivity index (χ4n) is 9.78. The molecule has 1 nitrogen and oxygen atoms in total. The molecule has 0 aliphatic heterocycles. The molecule has 0 spiro atoms. The first-order valence-corrected chi connectivity index (χ1v) is 20.5. The van der Waals surface area contributed by atoms with Crippen molar-refractivity contribution in [2.75, 3.05) is 4.90 Å². The van der Waals surface area contributed by atoms with Crippen LogP contribution in [0.3, 0.4) is 0 Å². The molecule has 0 amide bonds. The van der Waals surface area contributed by atoms with Crippen molar-refractivity contribution in [1.82, 2.24) is 0 Å². The van der Waals surface area contributed by atoms with E-state index in [4.69, 9.17) is 0 Å². The van der Waals surface area contributed by atoms with Crippen molar-refractivity contribution in [3.05, 3.63) is 199 Å². The SMILES string of the molecule is CC1(C)c2ccc(C3CCCCC3)cc2-c2ccc(N(c3ccc(-c4cccc5cccc(-c6ccccc6)c45)cc3)c3ccccc3-c3ccccc3)cc21. The normalized spacial score (nSPS) is 14.7. The molecule has 0 aromatic heterocycles. The summed E-state index contributed by atoms with van der Waals surface area (Å²) in [6.45, 7) is 4.82. The molecule has 272 valence electrons. The standard InChI is InChI=1S/C55H47N/c1-55(2)51-35-30-43(38-16-6-3-7-17-38)36-50(51)49-34-33-45(37-52(49)55)56(53-27-13-12-24-46(53)39-18-8-4-9-19-39)44-31-28-41(29-32-44)48-26-15-23-42-22-14-25-47(54(42)48)40-20-10-5-11-21-40/h4-5,8-15,18-38H,3,6-7,16-17H2,1-2H3. The molecule has 0 unspecified atom stereocenters. The zero-order valence-electron chi connectivity index (χ0n) is 32.4. The van der Waals surface area contributed by atoms with Crippen LogP contribution in [0.2, 0.25) is 0 Å². The first-order chi connectivity index (χ1) is 27.5. The molecule has 0 saturated heterocycles. The second-order valence-electron chi connectivity index (χ2n) is 16.3. The fraction of sp³-hybridized carbons (Fsp3) is 0.164. The van der Waals surface area contributed by atoms with Crippen LogP contribution in [0, 0.1) is 0 Å². The Labute approximate surface area is 331 Å². The molecule has 0 heterocycles. The summed E-state index contributed by atoms with van der Waals surface area (Å²) < 4.78 is 0. The van der Waals surface area contributed by atoms with Crippen LogP contribution in [0.5, 0.6) is 0 Å². The van der Waals surface area contributed by atoms with Gasteiger partial charge in [-0.1, -0.05) is 185 Å². The minimum Gasteiger partial charge on any atom is -0.310 e. The lowest BCUT2D eigenvalue weighted by atomic mass is 9.80. The second-order valence-corrected chi connectivity index (χ2v) is 16.3. The van der Waals surface area contributed by atoms with E-state index in [1.54, 1.807) is 0 Å². The molecular weight excluding hydrogens is 675 g/mol. The molecule has 8 aromatic rings. The summed E-state index contributed by atoms with van der Waals surface area (Å²) in [7, 11) is 0. The van der Waals surface area contributed by atoms with E-state index in [1.807, 2.05) is 0 Å². The van der Waals surface area contributed by atoms with Crippen LogP contribution >= 0.6 is 0 Å². The number of hydrogen-bond acceptors (Lipinski definition) is 1. The number of hydrogen-bond donors (Lipinski definition) is 0. The monoisotopic (exact) mass is 721 g/mol. The Bertz CT molecular complexity index is 2680. The Morgan fingerprint density at radius 1 is 0.429 bits per heavy atom. The quantitative estimate of drug-likeness (QED) is 0.158. The van der Waals surface area contributed by atoms with Crippen LogP contribution in [0.25, 0.3) is 55.3 Å². The van der Waals surface area contributed by atoms with Gasteiger partial charge in [-0.2, -0.15) is 0 Å². The van der Waals surface area contributed by atoms with Gasteiger partial charge in [0.15, 0.2) is 0 Å². The van der Waals surface area contributed by atoms with E-state index < -0.39 is 0 Å². The van der Waals surface area contributed by atoms with Gasteiger partial charge in [0.2, 0.25) is 0 Å². The molecule has 0 bridgehead atoms. The van der Waals surface area contributed by atoms with Gasteiger partial charge in [0.1, 0.15) is 0 Å². The summed E-state index contributed by atoms with van der Waals surface area (Å²) in [5.74, 6) is 0.687. The van der Waals surface area contributed by atoms with Gasteiger partial charge in [-0.15, -0.1) is 0 Å². The highest BCUT2D eigenvalue weighted by molar-refractivity contribution is 6.06. The Morgan fingerprint density at radius 2 is 1.02 bits per heavy atom. The molecule has 1 fully saturated rings. The lowest BCUT2D eigenvalue weighted by molar-refractivity contribution is 0.443. The summed E-state index contributed by atoms with van der Waals surface area (Å²) in [6, 6.07) is 67.6. The maximum atomic E-state index is 2.54. The number of anilines is 3. The molecule has 10 rings (SSSR count). The minimum atomic E-state index is -0.106. The predicted molar refractivity (Wildman–Crippen MR) is 238 cm³/mol. The molecule has 0 atom stereocenters. The van der Waals surface area contributed by atoms with E-state index in [9.17, 15) is 0 Å². The van der Waals surface area contributed by atoms with Gasteiger partial charge in [0, 0.05) is 22.4 Å². The highest BCUT2D eigenvalue weighted by Gasteiger charge is 2.37. The highest BCUT2D eigenvalue weighted by Crippen LogP contribution is 2.52. The van der Waals surface area contributed by atoms with Crippen LogP contribution < -0.4 is 4.90 Å². The Morgan fingerprint density at radius 3 is 1.71 bits per heavy atom. The van der Waals surface area contributed by atoms with E-state index in [1.165, 1.54) is 110 Å². The van der Waals surface area contributed by atoms with E-state index in [0.29, 0.717) is 5.92 Å². The smallest absolute Gasteiger partial charge is 0.0540 e. The number of fused-ring (bicyclic) bond motifs is 4. The van der Waals surface area contributed by atoms with E-state index in [0.717, 1.165) is 11.4 Å². The van der Waals surface area contributed by atoms with Crippen molar-refractivity contribution in [3.8, 4) is 44.5 Å². The molecule has 56 heavy (non-hydrogen) atoms. The highest BCUT2D eigenvalue weighted by atomic mass is 15.1. The zero-order chi connectivity index (χ0) is 37.6. The predicted octanol–water partition coefficient (Wildman–Crippen LogP) is 15.7. The van der Waals surface area contributed by atoms with Gasteiger partial charge < -0.3 is 4.90 Å². The first-order valence-electron chi connectivity index (χ1n) is 20.5. The average molecular weight is 722 g/mol. The maximum Gasteiger partial charge on any atom is 0.0540 e. The topological polar surface area (TPSA) is 3.24 Å². The van der Waals surface area contributed by atoms with Crippen LogP contribution in [0.4, 0.5) is 17.1 Å². The van der Waals surface area contributed by atoms with Crippen LogP contribution in [0.15, 0.2) is 182 Å². The summed E-state index contributed by atoms with van der Waals surface area (Å²) in [5.41, 5.74) is 17.9. The van der Waals surface area contributed by atoms with Gasteiger partial charge in [-0.25, -0.2) is 0 Å². The lowest BCUT2D eigenvalue weighted by Gasteiger charge is -2.30. The summed E-state index contributed by atoms with van der Waals surface area (Å²) >= 11 is 0. The Hall–Kier alpha value is -6.18. The van der Waals surface area contributed by atoms with Crippen LogP contribution in [0.1, 0.15) is 68.6 Å². The lowest BCUT2D eigenvalue weighted by Crippen LogP contribution is -2.17. The fourth-order valence-corrected chi connectivity index (χ4v) is 9.78. The summed E-state index contributed by atoms with van der Waals surface area (Å²) in [4.78, 5) is 2.47. The van der Waals surface area contributed by atoms with E-state index >= 15 is 0 Å². The summed E-state index contributed by atoms with van der Waals surface area (Å²) in [6.07, 6.45) is 6.72. The van der Waals surface area contributed by atoms with Gasteiger partial charge in [-0.3, -0.25) is 0 Å². The largest absolute Gasteiger partial charge is 0.310 e. The number of nitrogens with zero attached hydrogens (tertiary/aromatic N) is 1. The zero-order valence-corrected chi connectivity index (χ0v) is 32.4. The first kappa shape index (κ1) is 34.3. The van der Waals surface area contributed by atoms with Crippen molar-refractivity contribution in [2.45, 2.75) is 57.3 Å². The van der Waals surface area contributed by atoms with Crippen LogP contribution in [-0.4, -0.2) is 0 Å². The van der Waals surface area contributed by atoms with Crippen molar-refractivity contribution in [1.29, 1.82) is 0 Å². The van der Waals surface area contributed by atoms with Gasteiger partial charge in [0.05, 0.1) is 5.69 Å². The molecule has 1 saturated carbocycles. The van der Waals surface area contributed by atoms with E-state index in [-0.39, 0.29) is 5.41 Å². The molecule has 2 aliphatic carbocycles. The van der Waals surface area contributed by atoms with E-state index in [2.05, 4.69) is 201 Å². The molecule has 1 heteroatoms. The number of benzene rings is 8. The van der Waals surface area contributed by atoms with Crippen molar-refractivity contribution < 1.29 is 0 Å². The van der Waals surface area contributed by atoms with Crippen molar-refractivity contribution in [2.24, 2.45) is 0 Å². The van der Waals surface area contributed by atoms with Crippen molar-refractivity contribution >= 4 is 27.8 Å². The molecule has 2 aliphatic rings. The number of para-hydroxylation sites is 1. The third kappa shape index (κ3) is 5.94. The molecule has 0 radical (unpaired) electrons. The molecule has 8 aromatic carbocycles. The molecule has 0 N–H and O–H groups in total. The third-order valence-electron chi connectivity index (χ3n) is 12.7. The second kappa shape index (κ2) is 14.2. The maximum absolute atomic E-state index is 2.54. The average Bonchev–Trinajstić information content (AvgIpc) is 3.49. The van der Waals surface area contributed by atoms with Gasteiger partial charge in [0.25, 0.3) is 0 Å². The van der Waals surface area contributed by atoms with Crippen molar-refractivity contribution in [3.63, 3.8) is 0 Å². The summed E-state index contributed by atoms with van der Waals surface area (Å²) in [5, 5.41) is 2.53. The van der Waals surface area contributed by atoms with Gasteiger partial charge in [-0.05, 0) is 115 Å². The molecular formula is C55H47N. The minimum absolute atomic E-state index is 0.106. The Balaban J connectivity index is 1.11.